The van der Waals surface area contributed by atoms with Gasteiger partial charge in [-0.05, 0) is 55.6 Å². The number of nitrogens with zero attached hydrogens (tertiary/aromatic N) is 3. The lowest BCUT2D eigenvalue weighted by molar-refractivity contribution is -0.108. The van der Waals surface area contributed by atoms with Crippen LogP contribution in [-0.4, -0.2) is 92.5 Å². The molecular weight excluding hydrogens is 504 g/mol. The largest absolute Gasteiger partial charge is 0.497 e. The summed E-state index contributed by atoms with van der Waals surface area (Å²) in [7, 11) is 5.07. The summed E-state index contributed by atoms with van der Waals surface area (Å²) in [6, 6.07) is 7.25. The van der Waals surface area contributed by atoms with Crippen LogP contribution >= 0.6 is 0 Å². The first-order valence-electron chi connectivity index (χ1n) is 12.2. The molecule has 206 valence electrons. The van der Waals surface area contributed by atoms with E-state index in [9.17, 15) is 19.2 Å². The Kier molecular flexibility index (Phi) is 9.97. The van der Waals surface area contributed by atoms with Crippen LogP contribution in [0, 0.1) is 11.8 Å². The number of hydrogen-bond donors (Lipinski definition) is 3. The van der Waals surface area contributed by atoms with Gasteiger partial charge < -0.3 is 29.9 Å². The number of urea groups is 1. The van der Waals surface area contributed by atoms with Crippen molar-refractivity contribution in [1.29, 1.82) is 0 Å². The molecule has 1 aromatic carbocycles. The van der Waals surface area contributed by atoms with E-state index in [0.717, 1.165) is 18.7 Å². The fourth-order valence-corrected chi connectivity index (χ4v) is 3.98. The molecule has 1 atom stereocenters. The second kappa shape index (κ2) is 13.4. The van der Waals surface area contributed by atoms with E-state index >= 15 is 0 Å². The lowest BCUT2D eigenvalue weighted by atomic mass is 10.1. The lowest BCUT2D eigenvalue weighted by Gasteiger charge is -2.34. The summed E-state index contributed by atoms with van der Waals surface area (Å²) in [6.07, 6.45) is 0.778. The molecule has 0 radical (unpaired) electrons. The molecule has 4 amide bonds. The molecule has 4 rings (SSSR count). The fraction of sp³-hybridized carbons (Fsp3) is 0.370. The molecule has 39 heavy (non-hydrogen) atoms. The van der Waals surface area contributed by atoms with Gasteiger partial charge >= 0.3 is 6.03 Å². The Morgan fingerprint density at radius 2 is 1.90 bits per heavy atom. The molecule has 1 unspecified atom stereocenters. The maximum atomic E-state index is 13.2. The molecule has 3 N–H and O–H groups in total. The van der Waals surface area contributed by atoms with Gasteiger partial charge in [-0.2, -0.15) is 0 Å². The second-order valence-electron chi connectivity index (χ2n) is 8.91. The highest BCUT2D eigenvalue weighted by Crippen LogP contribution is 2.31. The molecule has 0 bridgehead atoms. The van der Waals surface area contributed by atoms with E-state index in [0.29, 0.717) is 23.3 Å². The normalized spacial score (nSPS) is 15.8. The average molecular weight is 537 g/mol. The fourth-order valence-electron chi connectivity index (χ4n) is 3.98. The first-order valence-corrected chi connectivity index (χ1v) is 12.2. The van der Waals surface area contributed by atoms with E-state index in [1.165, 1.54) is 51.3 Å². The zero-order valence-corrected chi connectivity index (χ0v) is 22.4. The van der Waals surface area contributed by atoms with Crippen LogP contribution < -0.4 is 25.4 Å². The SMILES string of the molecule is CN1CCNCC1.COc1ccc2c(c1)C(=O)N(C(C)(C#Cc1nc(C=O)ccc1OC)NC(=O)NC=O)C2. The summed E-state index contributed by atoms with van der Waals surface area (Å²) in [5.74, 6) is 6.06. The van der Waals surface area contributed by atoms with Crippen LogP contribution in [-0.2, 0) is 11.3 Å². The molecule has 12 nitrogen and oxygen atoms in total. The number of piperazine rings is 1. The number of aldehydes is 1. The molecule has 0 saturated carbocycles. The Bertz CT molecular complexity index is 1280. The summed E-state index contributed by atoms with van der Waals surface area (Å²) >= 11 is 0. The van der Waals surface area contributed by atoms with Crippen LogP contribution in [0.25, 0.3) is 0 Å². The van der Waals surface area contributed by atoms with Gasteiger partial charge in [-0.1, -0.05) is 6.07 Å². The lowest BCUT2D eigenvalue weighted by Crippen LogP contribution is -2.59. The minimum Gasteiger partial charge on any atom is -0.497 e. The van der Waals surface area contributed by atoms with Gasteiger partial charge in [-0.15, -0.1) is 0 Å². The van der Waals surface area contributed by atoms with Gasteiger partial charge in [-0.25, -0.2) is 9.78 Å². The number of amides is 4. The molecule has 3 heterocycles. The topological polar surface area (TPSA) is 142 Å². The second-order valence-corrected chi connectivity index (χ2v) is 8.91. The number of methoxy groups -OCH3 is 2. The van der Waals surface area contributed by atoms with Gasteiger partial charge in [0.25, 0.3) is 5.91 Å². The van der Waals surface area contributed by atoms with E-state index in [1.54, 1.807) is 18.2 Å². The Labute approximate surface area is 227 Å². The van der Waals surface area contributed by atoms with E-state index in [1.807, 2.05) is 5.32 Å². The molecule has 2 aliphatic heterocycles. The number of carbonyl (C=O) groups excluding carboxylic acids is 4. The number of ether oxygens (including phenoxy) is 2. The van der Waals surface area contributed by atoms with Crippen LogP contribution in [0.2, 0.25) is 0 Å². The minimum absolute atomic E-state index is 0.139. The number of hydrogen-bond acceptors (Lipinski definition) is 9. The zero-order chi connectivity index (χ0) is 28.4. The number of aromatic nitrogens is 1. The summed E-state index contributed by atoms with van der Waals surface area (Å²) in [5.41, 5.74) is -0.124. The van der Waals surface area contributed by atoms with Gasteiger partial charge in [0.15, 0.2) is 23.4 Å². The average Bonchev–Trinajstić information content (AvgIpc) is 3.28. The van der Waals surface area contributed by atoms with Crippen LogP contribution in [0.3, 0.4) is 0 Å². The maximum absolute atomic E-state index is 13.2. The number of rotatable bonds is 6. The van der Waals surface area contributed by atoms with Crippen molar-refractivity contribution in [2.45, 2.75) is 19.1 Å². The zero-order valence-electron chi connectivity index (χ0n) is 22.4. The van der Waals surface area contributed by atoms with Crippen molar-refractivity contribution in [3.63, 3.8) is 0 Å². The predicted octanol–water partition coefficient (Wildman–Crippen LogP) is 0.612. The number of fused-ring (bicyclic) bond motifs is 1. The van der Waals surface area contributed by atoms with Crippen molar-refractivity contribution < 1.29 is 28.7 Å². The van der Waals surface area contributed by atoms with Gasteiger partial charge in [0.1, 0.15) is 11.4 Å². The van der Waals surface area contributed by atoms with Crippen molar-refractivity contribution in [2.24, 2.45) is 0 Å². The highest BCUT2D eigenvalue weighted by atomic mass is 16.5. The monoisotopic (exact) mass is 536 g/mol. The molecular formula is C27H32N6O6. The third-order valence-corrected chi connectivity index (χ3v) is 6.19. The molecule has 0 spiro atoms. The first kappa shape index (κ1) is 29.1. The van der Waals surface area contributed by atoms with Crippen LogP contribution in [0.1, 0.15) is 39.0 Å². The number of nitrogens with one attached hydrogen (secondary N) is 3. The van der Waals surface area contributed by atoms with Crippen molar-refractivity contribution in [2.75, 3.05) is 47.4 Å². The molecule has 1 fully saturated rings. The summed E-state index contributed by atoms with van der Waals surface area (Å²) in [6.45, 7) is 6.41. The Morgan fingerprint density at radius 1 is 1.15 bits per heavy atom. The summed E-state index contributed by atoms with van der Waals surface area (Å²) in [4.78, 5) is 54.9. The molecule has 2 aliphatic rings. The smallest absolute Gasteiger partial charge is 0.323 e. The van der Waals surface area contributed by atoms with E-state index in [-0.39, 0.29) is 30.2 Å². The number of imide groups is 1. The predicted molar refractivity (Wildman–Crippen MR) is 142 cm³/mol. The van der Waals surface area contributed by atoms with Gasteiger partial charge in [0, 0.05) is 31.7 Å². The highest BCUT2D eigenvalue weighted by molar-refractivity contribution is 6.00. The summed E-state index contributed by atoms with van der Waals surface area (Å²) in [5, 5.41) is 7.80. The van der Waals surface area contributed by atoms with Crippen LogP contribution in [0.5, 0.6) is 11.5 Å². The van der Waals surface area contributed by atoms with Crippen molar-refractivity contribution >= 4 is 24.6 Å². The maximum Gasteiger partial charge on any atom is 0.323 e. The Morgan fingerprint density at radius 3 is 2.49 bits per heavy atom. The number of likely N-dealkylation sites (N-methyl/N-ethyl adjacent to an activating group) is 1. The van der Waals surface area contributed by atoms with E-state index in [2.05, 4.69) is 39.4 Å². The van der Waals surface area contributed by atoms with Crippen molar-refractivity contribution in [3.05, 3.63) is 52.8 Å². The minimum atomic E-state index is -1.54. The molecule has 12 heteroatoms. The first-order chi connectivity index (χ1) is 18.7. The Hall–Kier alpha value is -4.47. The van der Waals surface area contributed by atoms with Crippen LogP contribution in [0.15, 0.2) is 30.3 Å². The standard InChI is InChI=1S/C22H20N4O6.C5H12N2/c1-22(25-21(30)23-13-28,9-8-18-19(32-3)7-5-15(12-27)24-18)26-11-14-4-6-16(31-2)10-17(14)20(26)29;1-7-4-2-6-3-5-7/h4-7,10,12-13H,11H2,1-3H3,(H2,23,25,28,30);6H,2-5H2,1H3. The quantitative estimate of drug-likeness (QED) is 0.358. The van der Waals surface area contributed by atoms with Gasteiger partial charge in [0.05, 0.1) is 20.8 Å². The third kappa shape index (κ3) is 7.31. The van der Waals surface area contributed by atoms with E-state index in [4.69, 9.17) is 9.47 Å². The number of benzene rings is 1. The third-order valence-electron chi connectivity index (χ3n) is 6.19. The van der Waals surface area contributed by atoms with Crippen molar-refractivity contribution in [1.82, 2.24) is 30.7 Å². The Balaban J connectivity index is 0.000000520. The molecule has 1 aromatic heterocycles. The van der Waals surface area contributed by atoms with Crippen LogP contribution in [0.4, 0.5) is 4.79 Å². The van der Waals surface area contributed by atoms with E-state index < -0.39 is 11.7 Å². The molecule has 1 saturated heterocycles. The van der Waals surface area contributed by atoms with Gasteiger partial charge in [0.2, 0.25) is 6.41 Å². The molecule has 0 aliphatic carbocycles. The van der Waals surface area contributed by atoms with Crippen molar-refractivity contribution in [3.8, 4) is 23.3 Å². The highest BCUT2D eigenvalue weighted by Gasteiger charge is 2.41. The molecule has 2 aromatic rings. The number of carbonyl (C=O) groups is 4. The summed E-state index contributed by atoms with van der Waals surface area (Å²) < 4.78 is 10.4. The number of pyridine rings is 1. The van der Waals surface area contributed by atoms with Gasteiger partial charge in [-0.3, -0.25) is 19.7 Å².